The number of amides is 1. The highest BCUT2D eigenvalue weighted by atomic mass is 35.5. The van der Waals surface area contributed by atoms with E-state index in [1.807, 2.05) is 72.9 Å². The van der Waals surface area contributed by atoms with Crippen molar-refractivity contribution in [1.29, 1.82) is 0 Å². The summed E-state index contributed by atoms with van der Waals surface area (Å²) in [5, 5.41) is 3.66. The van der Waals surface area contributed by atoms with Gasteiger partial charge in [0.1, 0.15) is 5.82 Å². The van der Waals surface area contributed by atoms with Crippen molar-refractivity contribution in [3.05, 3.63) is 83.5 Å². The van der Waals surface area contributed by atoms with Crippen LogP contribution in [0.2, 0.25) is 5.02 Å². The maximum Gasteiger partial charge on any atom is 0.255 e. The SMILES string of the molecule is CN(C)[C@@H]1CCN(c2cnc3cc(NC(=O)c4ccc(-c5ccc(Cl)cc5)cc4)ccc3n2)C1. The number of benzene rings is 3. The highest BCUT2D eigenvalue weighted by molar-refractivity contribution is 6.30. The van der Waals surface area contributed by atoms with E-state index in [1.54, 1.807) is 0 Å². The molecule has 1 fully saturated rings. The summed E-state index contributed by atoms with van der Waals surface area (Å²) in [6, 6.07) is 21.3. The Morgan fingerprint density at radius 1 is 1.00 bits per heavy atom. The number of carbonyl (C=O) groups excluding carboxylic acids is 1. The number of nitrogens with zero attached hydrogens (tertiary/aromatic N) is 4. The number of halogens is 1. The molecule has 1 N–H and O–H groups in total. The molecule has 1 aliphatic heterocycles. The Morgan fingerprint density at radius 2 is 1.71 bits per heavy atom. The monoisotopic (exact) mass is 471 g/mol. The molecule has 34 heavy (non-hydrogen) atoms. The van der Waals surface area contributed by atoms with Gasteiger partial charge in [-0.2, -0.15) is 0 Å². The van der Waals surface area contributed by atoms with Crippen molar-refractivity contribution in [1.82, 2.24) is 14.9 Å². The fourth-order valence-electron chi connectivity index (χ4n) is 4.26. The number of fused-ring (bicyclic) bond motifs is 1. The third-order valence-corrected chi connectivity index (χ3v) is 6.58. The molecular formula is C27H26ClN5O. The zero-order valence-electron chi connectivity index (χ0n) is 19.2. The van der Waals surface area contributed by atoms with Crippen molar-refractivity contribution in [3.8, 4) is 11.1 Å². The Labute approximate surface area is 204 Å². The van der Waals surface area contributed by atoms with E-state index in [1.165, 1.54) is 0 Å². The molecule has 0 bridgehead atoms. The van der Waals surface area contributed by atoms with Gasteiger partial charge in [0, 0.05) is 35.4 Å². The zero-order valence-corrected chi connectivity index (χ0v) is 20.0. The van der Waals surface area contributed by atoms with Crippen LogP contribution in [-0.2, 0) is 0 Å². The summed E-state index contributed by atoms with van der Waals surface area (Å²) in [5.41, 5.74) is 4.92. The highest BCUT2D eigenvalue weighted by Crippen LogP contribution is 2.25. The number of aromatic nitrogens is 2. The molecule has 1 aromatic heterocycles. The van der Waals surface area contributed by atoms with Gasteiger partial charge in [-0.05, 0) is 74.1 Å². The topological polar surface area (TPSA) is 61.4 Å². The van der Waals surface area contributed by atoms with Gasteiger partial charge in [0.15, 0.2) is 0 Å². The van der Waals surface area contributed by atoms with E-state index in [0.29, 0.717) is 22.3 Å². The second-order valence-electron chi connectivity index (χ2n) is 8.82. The number of rotatable bonds is 5. The summed E-state index contributed by atoms with van der Waals surface area (Å²) in [4.78, 5) is 26.7. The Hall–Kier alpha value is -3.48. The smallest absolute Gasteiger partial charge is 0.255 e. The molecule has 3 aromatic carbocycles. The van der Waals surface area contributed by atoms with Gasteiger partial charge >= 0.3 is 0 Å². The van der Waals surface area contributed by atoms with Crippen LogP contribution in [-0.4, -0.2) is 54.0 Å². The minimum atomic E-state index is -0.168. The molecule has 0 spiro atoms. The van der Waals surface area contributed by atoms with Crippen LogP contribution in [0.25, 0.3) is 22.2 Å². The van der Waals surface area contributed by atoms with Gasteiger partial charge in [-0.15, -0.1) is 0 Å². The minimum Gasteiger partial charge on any atom is -0.354 e. The molecule has 7 heteroatoms. The first-order chi connectivity index (χ1) is 16.5. The lowest BCUT2D eigenvalue weighted by atomic mass is 10.0. The van der Waals surface area contributed by atoms with E-state index in [-0.39, 0.29) is 5.91 Å². The van der Waals surface area contributed by atoms with Crippen LogP contribution in [0.15, 0.2) is 72.9 Å². The zero-order chi connectivity index (χ0) is 23.7. The lowest BCUT2D eigenvalue weighted by molar-refractivity contribution is 0.102. The highest BCUT2D eigenvalue weighted by Gasteiger charge is 2.25. The Kier molecular flexibility index (Phi) is 6.18. The van der Waals surface area contributed by atoms with E-state index in [9.17, 15) is 4.79 Å². The summed E-state index contributed by atoms with van der Waals surface area (Å²) in [7, 11) is 4.23. The molecule has 6 nitrogen and oxygen atoms in total. The maximum absolute atomic E-state index is 12.8. The maximum atomic E-state index is 12.8. The fraction of sp³-hybridized carbons (Fsp3) is 0.222. The molecule has 2 heterocycles. The fourth-order valence-corrected chi connectivity index (χ4v) is 4.39. The van der Waals surface area contributed by atoms with E-state index >= 15 is 0 Å². The lowest BCUT2D eigenvalue weighted by Crippen LogP contribution is -2.31. The van der Waals surface area contributed by atoms with Crippen LogP contribution in [0.4, 0.5) is 11.5 Å². The second-order valence-corrected chi connectivity index (χ2v) is 9.26. The van der Waals surface area contributed by atoms with E-state index in [0.717, 1.165) is 47.5 Å². The van der Waals surface area contributed by atoms with Crippen LogP contribution in [0.3, 0.4) is 0 Å². The summed E-state index contributed by atoms with van der Waals surface area (Å²) in [6.45, 7) is 1.94. The van der Waals surface area contributed by atoms with Gasteiger partial charge in [-0.25, -0.2) is 4.98 Å². The molecule has 5 rings (SSSR count). The van der Waals surface area contributed by atoms with Gasteiger partial charge in [0.2, 0.25) is 0 Å². The minimum absolute atomic E-state index is 0.168. The summed E-state index contributed by atoms with van der Waals surface area (Å²) < 4.78 is 0. The third kappa shape index (κ3) is 4.74. The lowest BCUT2D eigenvalue weighted by Gasteiger charge is -2.21. The van der Waals surface area contributed by atoms with Gasteiger partial charge in [-0.3, -0.25) is 9.78 Å². The number of anilines is 2. The molecule has 0 radical (unpaired) electrons. The van der Waals surface area contributed by atoms with Gasteiger partial charge in [0.05, 0.1) is 17.2 Å². The molecule has 1 atom stereocenters. The quantitative estimate of drug-likeness (QED) is 0.425. The Balaban J connectivity index is 1.28. The van der Waals surface area contributed by atoms with Crippen molar-refractivity contribution in [2.45, 2.75) is 12.5 Å². The average Bonchev–Trinajstić information content (AvgIpc) is 3.35. The first-order valence-corrected chi connectivity index (χ1v) is 11.7. The van der Waals surface area contributed by atoms with E-state index < -0.39 is 0 Å². The molecule has 1 amide bonds. The number of hydrogen-bond donors (Lipinski definition) is 1. The van der Waals surface area contributed by atoms with E-state index in [4.69, 9.17) is 16.6 Å². The van der Waals surface area contributed by atoms with Gasteiger partial charge in [0.25, 0.3) is 5.91 Å². The number of carbonyl (C=O) groups is 1. The van der Waals surface area contributed by atoms with Gasteiger partial charge in [-0.1, -0.05) is 35.9 Å². The number of likely N-dealkylation sites (N-methyl/N-ethyl adjacent to an activating group) is 1. The predicted molar refractivity (Wildman–Crippen MR) is 139 cm³/mol. The number of nitrogens with one attached hydrogen (secondary N) is 1. The normalized spacial score (nSPS) is 15.8. The molecular weight excluding hydrogens is 446 g/mol. The van der Waals surface area contributed by atoms with E-state index in [2.05, 4.69) is 34.2 Å². The third-order valence-electron chi connectivity index (χ3n) is 6.33. The van der Waals surface area contributed by atoms with Crippen LogP contribution in [0.1, 0.15) is 16.8 Å². The summed E-state index contributed by atoms with van der Waals surface area (Å²) in [5.74, 6) is 0.729. The van der Waals surface area contributed by atoms with Crippen LogP contribution in [0, 0.1) is 0 Å². The van der Waals surface area contributed by atoms with Crippen LogP contribution < -0.4 is 10.2 Å². The predicted octanol–water partition coefficient (Wildman–Crippen LogP) is 5.34. The van der Waals surface area contributed by atoms with Crippen molar-refractivity contribution in [2.75, 3.05) is 37.4 Å². The van der Waals surface area contributed by atoms with Crippen molar-refractivity contribution in [3.63, 3.8) is 0 Å². The second kappa shape index (κ2) is 9.41. The summed E-state index contributed by atoms with van der Waals surface area (Å²) >= 11 is 5.97. The molecule has 1 aliphatic rings. The van der Waals surface area contributed by atoms with Crippen LogP contribution >= 0.6 is 11.6 Å². The van der Waals surface area contributed by atoms with Crippen molar-refractivity contribution in [2.24, 2.45) is 0 Å². The van der Waals surface area contributed by atoms with Gasteiger partial charge < -0.3 is 15.1 Å². The Bertz CT molecular complexity index is 1320. The summed E-state index contributed by atoms with van der Waals surface area (Å²) in [6.07, 6.45) is 2.94. The molecule has 0 saturated carbocycles. The standard InChI is InChI=1S/C27H26ClN5O/c1-32(2)23-13-14-33(17-23)26-16-29-25-15-22(11-12-24(25)31-26)30-27(34)20-5-3-18(4-6-20)19-7-9-21(28)10-8-19/h3-12,15-16,23H,13-14,17H2,1-2H3,(H,30,34)/t23-/m1/s1. The number of hydrogen-bond acceptors (Lipinski definition) is 5. The molecule has 0 unspecified atom stereocenters. The van der Waals surface area contributed by atoms with Crippen molar-refractivity contribution < 1.29 is 4.79 Å². The average molecular weight is 472 g/mol. The molecule has 4 aromatic rings. The Morgan fingerprint density at radius 3 is 2.38 bits per heavy atom. The van der Waals surface area contributed by atoms with Crippen LogP contribution in [0.5, 0.6) is 0 Å². The van der Waals surface area contributed by atoms with Crippen molar-refractivity contribution >= 4 is 40.0 Å². The molecule has 1 saturated heterocycles. The molecule has 0 aliphatic carbocycles. The largest absolute Gasteiger partial charge is 0.354 e. The molecule has 172 valence electrons. The first-order valence-electron chi connectivity index (χ1n) is 11.3. The first kappa shape index (κ1) is 22.3.